The molecule has 0 bridgehead atoms. The second-order valence-corrected chi connectivity index (χ2v) is 4.98. The Morgan fingerprint density at radius 1 is 1.33 bits per heavy atom. The molecule has 0 saturated carbocycles. The van der Waals surface area contributed by atoms with Gasteiger partial charge in [-0.2, -0.15) is 0 Å². The molecule has 2 rings (SSSR count). The lowest BCUT2D eigenvalue weighted by atomic mass is 10.1. The van der Waals surface area contributed by atoms with Crippen LogP contribution >= 0.6 is 0 Å². The molecule has 0 amide bonds. The van der Waals surface area contributed by atoms with Gasteiger partial charge in [-0.25, -0.2) is 4.98 Å². The van der Waals surface area contributed by atoms with Crippen LogP contribution in [0.4, 0.5) is 0 Å². The molecule has 21 heavy (non-hydrogen) atoms. The predicted molar refractivity (Wildman–Crippen MR) is 82.8 cm³/mol. The highest BCUT2D eigenvalue weighted by atomic mass is 16.5. The third-order valence-corrected chi connectivity index (χ3v) is 3.56. The summed E-state index contributed by atoms with van der Waals surface area (Å²) in [5, 5.41) is 3.24. The zero-order chi connectivity index (χ0) is 15.4. The van der Waals surface area contributed by atoms with E-state index in [1.54, 1.807) is 17.7 Å². The predicted octanol–water partition coefficient (Wildman–Crippen LogP) is 1.83. The van der Waals surface area contributed by atoms with Crippen LogP contribution in [-0.2, 0) is 6.54 Å². The van der Waals surface area contributed by atoms with Gasteiger partial charge in [0.15, 0.2) is 0 Å². The van der Waals surface area contributed by atoms with Gasteiger partial charge in [-0.15, -0.1) is 0 Å². The molecule has 0 aliphatic carbocycles. The Balaban J connectivity index is 2.38. The molecule has 1 aromatic heterocycles. The summed E-state index contributed by atoms with van der Waals surface area (Å²) in [5.74, 6) is 1.53. The number of para-hydroxylation sites is 1. The number of nitrogens with zero attached hydrogens (tertiary/aromatic N) is 2. The summed E-state index contributed by atoms with van der Waals surface area (Å²) in [4.78, 5) is 16.5. The number of benzene rings is 1. The molecule has 1 N–H and O–H groups in total. The van der Waals surface area contributed by atoms with Crippen LogP contribution in [0.3, 0.4) is 0 Å². The maximum absolute atomic E-state index is 12.2. The van der Waals surface area contributed by atoms with Crippen LogP contribution in [0.5, 0.6) is 5.75 Å². The molecule has 1 aromatic carbocycles. The van der Waals surface area contributed by atoms with Gasteiger partial charge in [0.05, 0.1) is 13.2 Å². The van der Waals surface area contributed by atoms with E-state index in [1.165, 1.54) is 0 Å². The van der Waals surface area contributed by atoms with E-state index in [1.807, 2.05) is 45.2 Å². The van der Waals surface area contributed by atoms with Gasteiger partial charge in [0.25, 0.3) is 5.56 Å². The van der Waals surface area contributed by atoms with Crippen molar-refractivity contribution in [1.82, 2.24) is 14.9 Å². The highest BCUT2D eigenvalue weighted by molar-refractivity contribution is 5.35. The van der Waals surface area contributed by atoms with Crippen LogP contribution in [0.25, 0.3) is 0 Å². The maximum atomic E-state index is 12.2. The van der Waals surface area contributed by atoms with Crippen molar-refractivity contribution in [2.45, 2.75) is 26.4 Å². The number of likely N-dealkylation sites (N-methyl/N-ethyl adjacent to an activating group) is 1. The summed E-state index contributed by atoms with van der Waals surface area (Å²) in [7, 11) is 3.52. The standard InChI is InChI=1S/C16H21N3O2/c1-11-9-16(20)19(12(2)18-11)10-14(17-3)13-7-5-6-8-15(13)21-4/h5-9,14,17H,10H2,1-4H3. The third-order valence-electron chi connectivity index (χ3n) is 3.56. The summed E-state index contributed by atoms with van der Waals surface area (Å²) >= 11 is 0. The monoisotopic (exact) mass is 287 g/mol. The van der Waals surface area contributed by atoms with E-state index in [0.29, 0.717) is 6.54 Å². The molecule has 112 valence electrons. The topological polar surface area (TPSA) is 56.2 Å². The molecule has 0 fully saturated rings. The van der Waals surface area contributed by atoms with Gasteiger partial charge < -0.3 is 10.1 Å². The Morgan fingerprint density at radius 3 is 2.67 bits per heavy atom. The quantitative estimate of drug-likeness (QED) is 0.911. The number of ether oxygens (including phenoxy) is 1. The molecular weight excluding hydrogens is 266 g/mol. The van der Waals surface area contributed by atoms with E-state index < -0.39 is 0 Å². The lowest BCUT2D eigenvalue weighted by molar-refractivity contribution is 0.392. The van der Waals surface area contributed by atoms with Gasteiger partial charge in [0.2, 0.25) is 0 Å². The zero-order valence-corrected chi connectivity index (χ0v) is 12.9. The minimum absolute atomic E-state index is 0.0259. The maximum Gasteiger partial charge on any atom is 0.253 e. The summed E-state index contributed by atoms with van der Waals surface area (Å²) in [6, 6.07) is 9.35. The minimum Gasteiger partial charge on any atom is -0.496 e. The Bertz CT molecular complexity index is 679. The van der Waals surface area contributed by atoms with Crippen molar-refractivity contribution in [3.63, 3.8) is 0 Å². The van der Waals surface area contributed by atoms with E-state index in [-0.39, 0.29) is 11.6 Å². The molecule has 5 nitrogen and oxygen atoms in total. The van der Waals surface area contributed by atoms with E-state index in [2.05, 4.69) is 10.3 Å². The largest absolute Gasteiger partial charge is 0.496 e. The van der Waals surface area contributed by atoms with Crippen LogP contribution in [0.2, 0.25) is 0 Å². The molecule has 2 aromatic rings. The summed E-state index contributed by atoms with van der Waals surface area (Å²) in [6.45, 7) is 4.19. The van der Waals surface area contributed by atoms with Crippen LogP contribution in [-0.4, -0.2) is 23.7 Å². The first-order valence-electron chi connectivity index (χ1n) is 6.92. The van der Waals surface area contributed by atoms with Gasteiger partial charge in [0.1, 0.15) is 11.6 Å². The van der Waals surface area contributed by atoms with Gasteiger partial charge in [-0.1, -0.05) is 18.2 Å². The van der Waals surface area contributed by atoms with Crippen molar-refractivity contribution in [3.8, 4) is 5.75 Å². The minimum atomic E-state index is -0.0323. The van der Waals surface area contributed by atoms with E-state index in [9.17, 15) is 4.79 Å². The molecule has 0 radical (unpaired) electrons. The van der Waals surface area contributed by atoms with Crippen molar-refractivity contribution >= 4 is 0 Å². The summed E-state index contributed by atoms with van der Waals surface area (Å²) < 4.78 is 7.08. The Labute approximate surface area is 124 Å². The molecule has 0 aliphatic rings. The van der Waals surface area contributed by atoms with Crippen molar-refractivity contribution in [1.29, 1.82) is 0 Å². The van der Waals surface area contributed by atoms with Crippen molar-refractivity contribution < 1.29 is 4.74 Å². The molecule has 0 saturated heterocycles. The highest BCUT2D eigenvalue weighted by Gasteiger charge is 2.16. The number of rotatable bonds is 5. The normalized spacial score (nSPS) is 12.2. The fourth-order valence-electron chi connectivity index (χ4n) is 2.47. The van der Waals surface area contributed by atoms with E-state index in [4.69, 9.17) is 4.74 Å². The van der Waals surface area contributed by atoms with Crippen LogP contribution in [0, 0.1) is 13.8 Å². The molecule has 0 aliphatic heterocycles. The number of methoxy groups -OCH3 is 1. The molecule has 1 unspecified atom stereocenters. The summed E-state index contributed by atoms with van der Waals surface area (Å²) in [6.07, 6.45) is 0. The first kappa shape index (κ1) is 15.3. The average molecular weight is 287 g/mol. The van der Waals surface area contributed by atoms with Gasteiger partial charge in [-0.05, 0) is 27.0 Å². The fraction of sp³-hybridized carbons (Fsp3) is 0.375. The SMILES string of the molecule is CNC(Cn1c(C)nc(C)cc1=O)c1ccccc1OC. The highest BCUT2D eigenvalue weighted by Crippen LogP contribution is 2.25. The van der Waals surface area contributed by atoms with E-state index in [0.717, 1.165) is 22.8 Å². The van der Waals surface area contributed by atoms with E-state index >= 15 is 0 Å². The third kappa shape index (κ3) is 3.31. The lowest BCUT2D eigenvalue weighted by Gasteiger charge is -2.21. The van der Waals surface area contributed by atoms with Crippen LogP contribution in [0.1, 0.15) is 23.1 Å². The molecule has 5 heteroatoms. The van der Waals surface area contributed by atoms with Crippen molar-refractivity contribution in [3.05, 3.63) is 57.8 Å². The first-order valence-corrected chi connectivity index (χ1v) is 6.92. The lowest BCUT2D eigenvalue weighted by Crippen LogP contribution is -2.31. The average Bonchev–Trinajstić information content (AvgIpc) is 2.46. The Hall–Kier alpha value is -2.14. The smallest absolute Gasteiger partial charge is 0.253 e. The van der Waals surface area contributed by atoms with Crippen LogP contribution in [0.15, 0.2) is 35.1 Å². The fourth-order valence-corrected chi connectivity index (χ4v) is 2.47. The molecular formula is C16H21N3O2. The van der Waals surface area contributed by atoms with Crippen LogP contribution < -0.4 is 15.6 Å². The number of hydrogen-bond acceptors (Lipinski definition) is 4. The Kier molecular flexibility index (Phi) is 4.75. The summed E-state index contributed by atoms with van der Waals surface area (Å²) in [5.41, 5.74) is 1.73. The number of aryl methyl sites for hydroxylation is 2. The molecule has 0 spiro atoms. The second kappa shape index (κ2) is 6.54. The number of nitrogens with one attached hydrogen (secondary N) is 1. The second-order valence-electron chi connectivity index (χ2n) is 4.98. The Morgan fingerprint density at radius 2 is 2.05 bits per heavy atom. The number of aromatic nitrogens is 2. The van der Waals surface area contributed by atoms with Gasteiger partial charge in [0, 0.05) is 23.9 Å². The van der Waals surface area contributed by atoms with Gasteiger partial charge >= 0.3 is 0 Å². The zero-order valence-electron chi connectivity index (χ0n) is 12.9. The van der Waals surface area contributed by atoms with Crippen molar-refractivity contribution in [2.24, 2.45) is 0 Å². The number of hydrogen-bond donors (Lipinski definition) is 1. The molecule has 1 heterocycles. The first-order chi connectivity index (χ1) is 10.1. The molecule has 1 atom stereocenters. The van der Waals surface area contributed by atoms with Crippen molar-refractivity contribution in [2.75, 3.05) is 14.2 Å². The van der Waals surface area contributed by atoms with Gasteiger partial charge in [-0.3, -0.25) is 9.36 Å².